The summed E-state index contributed by atoms with van der Waals surface area (Å²) in [5.41, 5.74) is 4.55. The zero-order valence-corrected chi connectivity index (χ0v) is 16.8. The van der Waals surface area contributed by atoms with Crippen molar-refractivity contribution in [3.8, 4) is 0 Å². The molecule has 4 fully saturated rings. The standard InChI is InChI=1S/C25H30N2/c1-16-7-4-5-9-22(16)27-23-21(8-6-10-26-23)25(24(27,2)3)19-12-17-11-18(14-19)15-20(25)13-17/h4-10,17-20H,11-15H2,1-3H3. The molecule has 0 unspecified atom stereocenters. The first kappa shape index (κ1) is 16.2. The Morgan fingerprint density at radius 1 is 0.889 bits per heavy atom. The fourth-order valence-electron chi connectivity index (χ4n) is 8.27. The summed E-state index contributed by atoms with van der Waals surface area (Å²) in [6.07, 6.45) is 9.25. The second kappa shape index (κ2) is 5.16. The van der Waals surface area contributed by atoms with Gasteiger partial charge in [0.2, 0.25) is 0 Å². The van der Waals surface area contributed by atoms with Crippen LogP contribution in [0.3, 0.4) is 0 Å². The van der Waals surface area contributed by atoms with E-state index in [4.69, 9.17) is 4.98 Å². The Labute approximate surface area is 163 Å². The molecule has 0 atom stereocenters. The molecule has 0 amide bonds. The van der Waals surface area contributed by atoms with Gasteiger partial charge >= 0.3 is 0 Å². The van der Waals surface area contributed by atoms with Crippen LogP contribution in [0.15, 0.2) is 42.6 Å². The highest BCUT2D eigenvalue weighted by Gasteiger charge is 2.69. The van der Waals surface area contributed by atoms with Crippen LogP contribution >= 0.6 is 0 Å². The number of aryl methyl sites for hydroxylation is 1. The number of para-hydroxylation sites is 1. The molecule has 0 N–H and O–H groups in total. The second-order valence-corrected chi connectivity index (χ2v) is 10.2. The molecule has 1 aromatic carbocycles. The number of anilines is 2. The van der Waals surface area contributed by atoms with Gasteiger partial charge in [-0.1, -0.05) is 24.3 Å². The molecular weight excluding hydrogens is 328 g/mol. The fourth-order valence-corrected chi connectivity index (χ4v) is 8.27. The van der Waals surface area contributed by atoms with E-state index in [0.29, 0.717) is 0 Å². The lowest BCUT2D eigenvalue weighted by molar-refractivity contribution is -0.0839. The average Bonchev–Trinajstić information content (AvgIpc) is 2.84. The second-order valence-electron chi connectivity index (χ2n) is 10.2. The van der Waals surface area contributed by atoms with Crippen LogP contribution in [-0.2, 0) is 5.41 Å². The maximum Gasteiger partial charge on any atom is 0.137 e. The SMILES string of the molecule is Cc1ccccc1N1c2ncccc2C2(C3CC4CC(C3)CC2C4)C1(C)C. The Bertz CT molecular complexity index is 884. The number of hydrogen-bond donors (Lipinski definition) is 0. The lowest BCUT2D eigenvalue weighted by Gasteiger charge is -2.65. The van der Waals surface area contributed by atoms with Gasteiger partial charge in [-0.25, -0.2) is 4.98 Å². The van der Waals surface area contributed by atoms with Crippen molar-refractivity contribution in [2.75, 3.05) is 4.90 Å². The van der Waals surface area contributed by atoms with Gasteiger partial charge in [0.15, 0.2) is 0 Å². The number of fused-ring (bicyclic) bond motifs is 1. The molecule has 4 aliphatic carbocycles. The van der Waals surface area contributed by atoms with Crippen molar-refractivity contribution < 1.29 is 0 Å². The number of nitrogens with zero attached hydrogens (tertiary/aromatic N) is 2. The van der Waals surface area contributed by atoms with Gasteiger partial charge in [0, 0.05) is 22.9 Å². The van der Waals surface area contributed by atoms with Crippen molar-refractivity contribution in [1.82, 2.24) is 4.98 Å². The molecule has 1 aliphatic heterocycles. The summed E-state index contributed by atoms with van der Waals surface area (Å²) in [6.45, 7) is 7.28. The third kappa shape index (κ3) is 1.80. The van der Waals surface area contributed by atoms with E-state index in [0.717, 1.165) is 23.7 Å². The Balaban J connectivity index is 1.62. The van der Waals surface area contributed by atoms with Gasteiger partial charge in [-0.05, 0) is 94.2 Å². The van der Waals surface area contributed by atoms with E-state index in [9.17, 15) is 0 Å². The highest BCUT2D eigenvalue weighted by atomic mass is 15.3. The normalized spacial score (nSPS) is 37.8. The molecule has 1 spiro atoms. The lowest BCUT2D eigenvalue weighted by atomic mass is 9.40. The van der Waals surface area contributed by atoms with E-state index in [1.54, 1.807) is 5.56 Å². The summed E-state index contributed by atoms with van der Waals surface area (Å²) in [7, 11) is 0. The van der Waals surface area contributed by atoms with Crippen molar-refractivity contribution in [3.63, 3.8) is 0 Å². The molecule has 5 aliphatic rings. The Morgan fingerprint density at radius 3 is 2.22 bits per heavy atom. The van der Waals surface area contributed by atoms with E-state index >= 15 is 0 Å². The molecule has 2 nitrogen and oxygen atoms in total. The minimum atomic E-state index is 0.0540. The zero-order chi connectivity index (χ0) is 18.4. The number of aromatic nitrogens is 1. The number of hydrogen-bond acceptors (Lipinski definition) is 2. The maximum atomic E-state index is 4.99. The summed E-state index contributed by atoms with van der Waals surface area (Å²) in [6, 6.07) is 13.5. The molecule has 140 valence electrons. The first-order valence-corrected chi connectivity index (χ1v) is 10.8. The molecule has 1 aromatic heterocycles. The quantitative estimate of drug-likeness (QED) is 0.620. The maximum absolute atomic E-state index is 4.99. The Hall–Kier alpha value is -1.83. The number of rotatable bonds is 1. The fraction of sp³-hybridized carbons (Fsp3) is 0.560. The van der Waals surface area contributed by atoms with Crippen molar-refractivity contribution in [3.05, 3.63) is 53.7 Å². The summed E-state index contributed by atoms with van der Waals surface area (Å²) >= 11 is 0. The molecule has 27 heavy (non-hydrogen) atoms. The first-order chi connectivity index (χ1) is 13.0. The molecule has 4 bridgehead atoms. The highest BCUT2D eigenvalue weighted by Crippen LogP contribution is 2.71. The van der Waals surface area contributed by atoms with Crippen molar-refractivity contribution in [1.29, 1.82) is 0 Å². The van der Waals surface area contributed by atoms with E-state index < -0.39 is 0 Å². The predicted molar refractivity (Wildman–Crippen MR) is 110 cm³/mol. The molecule has 2 aromatic rings. The predicted octanol–water partition coefficient (Wildman–Crippen LogP) is 6.01. The third-order valence-corrected chi connectivity index (χ3v) is 8.80. The lowest BCUT2D eigenvalue weighted by Crippen LogP contribution is -2.65. The largest absolute Gasteiger partial charge is 0.319 e. The van der Waals surface area contributed by atoms with Gasteiger partial charge in [0.05, 0.1) is 5.54 Å². The van der Waals surface area contributed by atoms with E-state index in [1.807, 2.05) is 6.20 Å². The summed E-state index contributed by atoms with van der Waals surface area (Å²) in [4.78, 5) is 7.60. The van der Waals surface area contributed by atoms with E-state index in [2.05, 4.69) is 62.1 Å². The monoisotopic (exact) mass is 358 g/mol. The van der Waals surface area contributed by atoms with Crippen LogP contribution in [0.1, 0.15) is 57.1 Å². The molecule has 2 heteroatoms. The van der Waals surface area contributed by atoms with Crippen LogP contribution in [-0.4, -0.2) is 10.5 Å². The van der Waals surface area contributed by atoms with Gasteiger partial charge in [-0.3, -0.25) is 0 Å². The summed E-state index contributed by atoms with van der Waals surface area (Å²) in [5.74, 6) is 4.84. The van der Waals surface area contributed by atoms with Crippen molar-refractivity contribution in [2.24, 2.45) is 23.7 Å². The van der Waals surface area contributed by atoms with Crippen LogP contribution in [0.4, 0.5) is 11.5 Å². The minimum Gasteiger partial charge on any atom is -0.319 e. The third-order valence-electron chi connectivity index (χ3n) is 8.80. The topological polar surface area (TPSA) is 16.1 Å². The van der Waals surface area contributed by atoms with Crippen molar-refractivity contribution in [2.45, 2.75) is 63.8 Å². The van der Waals surface area contributed by atoms with Gasteiger partial charge in [0.25, 0.3) is 0 Å². The average molecular weight is 359 g/mol. The van der Waals surface area contributed by atoms with Crippen LogP contribution in [0, 0.1) is 30.6 Å². The van der Waals surface area contributed by atoms with E-state index in [1.165, 1.54) is 49.2 Å². The Morgan fingerprint density at radius 2 is 1.56 bits per heavy atom. The number of benzene rings is 1. The summed E-state index contributed by atoms with van der Waals surface area (Å²) < 4.78 is 0. The van der Waals surface area contributed by atoms with Crippen LogP contribution in [0.2, 0.25) is 0 Å². The van der Waals surface area contributed by atoms with Crippen LogP contribution in [0.25, 0.3) is 0 Å². The van der Waals surface area contributed by atoms with Crippen molar-refractivity contribution >= 4 is 11.5 Å². The van der Waals surface area contributed by atoms with Crippen LogP contribution < -0.4 is 4.90 Å². The van der Waals surface area contributed by atoms with Gasteiger partial charge < -0.3 is 4.90 Å². The molecular formula is C25H30N2. The zero-order valence-electron chi connectivity index (χ0n) is 16.8. The first-order valence-electron chi connectivity index (χ1n) is 10.8. The van der Waals surface area contributed by atoms with E-state index in [-0.39, 0.29) is 11.0 Å². The molecule has 0 radical (unpaired) electrons. The van der Waals surface area contributed by atoms with Gasteiger partial charge in [0.1, 0.15) is 5.82 Å². The van der Waals surface area contributed by atoms with Gasteiger partial charge in [-0.15, -0.1) is 0 Å². The van der Waals surface area contributed by atoms with Gasteiger partial charge in [-0.2, -0.15) is 0 Å². The molecule has 0 saturated heterocycles. The summed E-state index contributed by atoms with van der Waals surface area (Å²) in [5, 5.41) is 0. The molecule has 2 heterocycles. The highest BCUT2D eigenvalue weighted by molar-refractivity contribution is 5.75. The number of pyridine rings is 1. The minimum absolute atomic E-state index is 0.0540. The Kier molecular flexibility index (Phi) is 3.08. The molecule has 7 rings (SSSR count). The van der Waals surface area contributed by atoms with Crippen LogP contribution in [0.5, 0.6) is 0 Å². The molecule has 4 saturated carbocycles. The smallest absolute Gasteiger partial charge is 0.137 e.